The molecule has 3 heterocycles. The molecule has 0 fully saturated rings. The van der Waals surface area contributed by atoms with Crippen molar-refractivity contribution >= 4 is 40.8 Å². The van der Waals surface area contributed by atoms with Crippen molar-refractivity contribution in [1.82, 2.24) is 34.9 Å². The van der Waals surface area contributed by atoms with E-state index in [1.165, 1.54) is 4.68 Å². The van der Waals surface area contributed by atoms with Crippen molar-refractivity contribution < 1.29 is 14.4 Å². The van der Waals surface area contributed by atoms with Crippen molar-refractivity contribution in [1.29, 1.82) is 0 Å². The average molecular weight is 483 g/mol. The van der Waals surface area contributed by atoms with Crippen molar-refractivity contribution in [2.75, 3.05) is 0 Å². The molecule has 4 rings (SSSR count). The molecule has 0 aliphatic rings. The van der Waals surface area contributed by atoms with Crippen LogP contribution in [0.15, 0.2) is 35.1 Å². The van der Waals surface area contributed by atoms with Gasteiger partial charge in [0.25, 0.3) is 5.89 Å². The van der Waals surface area contributed by atoms with Crippen LogP contribution in [-0.2, 0) is 11.3 Å². The van der Waals surface area contributed by atoms with Gasteiger partial charge in [-0.25, -0.2) is 9.48 Å². The quantitative estimate of drug-likeness (QED) is 0.388. The Hall–Kier alpha value is -2.95. The van der Waals surface area contributed by atoms with Crippen LogP contribution in [0.1, 0.15) is 24.9 Å². The molecule has 0 saturated carbocycles. The summed E-state index contributed by atoms with van der Waals surface area (Å²) in [5.41, 5.74) is 1.54. The summed E-state index contributed by atoms with van der Waals surface area (Å²) in [6.45, 7) is 2.12. The number of hydrogen-bond acceptors (Lipinski definition) is 7. The van der Waals surface area contributed by atoms with Crippen LogP contribution in [0.5, 0.6) is 0 Å². The van der Waals surface area contributed by atoms with Crippen molar-refractivity contribution in [3.8, 4) is 23.1 Å². The fraction of sp³-hybridized carbons (Fsp3) is 0.222. The lowest BCUT2D eigenvalue weighted by molar-refractivity contribution is -0.141. The highest BCUT2D eigenvalue weighted by molar-refractivity contribution is 6.48. The Labute approximate surface area is 190 Å². The third kappa shape index (κ3) is 4.41. The zero-order valence-electron chi connectivity index (χ0n) is 15.9. The second-order valence-electron chi connectivity index (χ2n) is 6.54. The van der Waals surface area contributed by atoms with Crippen LogP contribution in [0.4, 0.5) is 0 Å². The molecule has 0 amide bonds. The molecule has 0 aliphatic carbocycles. The first-order valence-electron chi connectivity index (χ1n) is 9.01. The fourth-order valence-electron chi connectivity index (χ4n) is 2.90. The summed E-state index contributed by atoms with van der Waals surface area (Å²) in [7, 11) is 0. The average Bonchev–Trinajstić information content (AvgIpc) is 3.46. The number of benzene rings is 1. The van der Waals surface area contributed by atoms with Crippen LogP contribution < -0.4 is 0 Å². The molecule has 0 bridgehead atoms. The monoisotopic (exact) mass is 481 g/mol. The molecule has 0 spiro atoms. The second-order valence-corrected chi connectivity index (χ2v) is 7.73. The summed E-state index contributed by atoms with van der Waals surface area (Å²) in [6, 6.07) is 4.22. The standard InChI is InChI=1S/C18H14Cl3N7O3/c1-2-14(18(29)30)28-4-3-12(24-28)17-22-16(25-31-17)13-8-27(26-23-13)7-9-5-10(19)15(21)11(20)6-9/h3-6,8,14H,2,7H2,1H3,(H,29,30). The number of carboxylic acids is 1. The Morgan fingerprint density at radius 3 is 2.65 bits per heavy atom. The van der Waals surface area contributed by atoms with Gasteiger partial charge in [-0.15, -0.1) is 5.10 Å². The summed E-state index contributed by atoms with van der Waals surface area (Å²) in [6.07, 6.45) is 3.58. The minimum absolute atomic E-state index is 0.139. The third-order valence-electron chi connectivity index (χ3n) is 4.40. The van der Waals surface area contributed by atoms with Gasteiger partial charge in [0.1, 0.15) is 6.04 Å². The molecule has 1 unspecified atom stereocenters. The Bertz CT molecular complexity index is 1230. The van der Waals surface area contributed by atoms with E-state index in [1.54, 1.807) is 42.2 Å². The zero-order valence-corrected chi connectivity index (χ0v) is 18.2. The predicted octanol–water partition coefficient (Wildman–Crippen LogP) is 4.24. The molecule has 0 aliphatic heterocycles. The number of carboxylic acid groups (broad SMARTS) is 1. The van der Waals surface area contributed by atoms with Gasteiger partial charge in [-0.1, -0.05) is 52.1 Å². The van der Waals surface area contributed by atoms with Gasteiger partial charge < -0.3 is 9.63 Å². The van der Waals surface area contributed by atoms with Crippen molar-refractivity contribution in [2.45, 2.75) is 25.9 Å². The van der Waals surface area contributed by atoms with Crippen LogP contribution in [-0.4, -0.2) is 46.0 Å². The van der Waals surface area contributed by atoms with E-state index in [1.807, 2.05) is 0 Å². The van der Waals surface area contributed by atoms with Crippen LogP contribution in [0, 0.1) is 0 Å². The Kier molecular flexibility index (Phi) is 5.94. The number of nitrogens with zero attached hydrogens (tertiary/aromatic N) is 7. The number of hydrogen-bond donors (Lipinski definition) is 1. The Morgan fingerprint density at radius 2 is 1.97 bits per heavy atom. The number of rotatable bonds is 7. The highest BCUT2D eigenvalue weighted by Gasteiger charge is 2.21. The van der Waals surface area contributed by atoms with E-state index in [4.69, 9.17) is 39.3 Å². The van der Waals surface area contributed by atoms with Gasteiger partial charge in [0.15, 0.2) is 11.4 Å². The van der Waals surface area contributed by atoms with Crippen LogP contribution in [0.3, 0.4) is 0 Å². The maximum Gasteiger partial charge on any atom is 0.328 e. The summed E-state index contributed by atoms with van der Waals surface area (Å²) in [4.78, 5) is 15.6. The minimum atomic E-state index is -0.969. The Morgan fingerprint density at radius 1 is 1.23 bits per heavy atom. The van der Waals surface area contributed by atoms with Crippen molar-refractivity contribution in [3.63, 3.8) is 0 Å². The molecule has 4 aromatic rings. The number of halogens is 3. The van der Waals surface area contributed by atoms with E-state index < -0.39 is 12.0 Å². The molecule has 1 atom stereocenters. The first-order valence-corrected chi connectivity index (χ1v) is 10.1. The maximum absolute atomic E-state index is 11.3. The lowest BCUT2D eigenvalue weighted by Crippen LogP contribution is -2.18. The summed E-state index contributed by atoms with van der Waals surface area (Å²) in [5.74, 6) is -0.615. The molecule has 0 radical (unpaired) electrons. The second kappa shape index (κ2) is 8.66. The van der Waals surface area contributed by atoms with Crippen LogP contribution >= 0.6 is 34.8 Å². The minimum Gasteiger partial charge on any atom is -0.480 e. The topological polar surface area (TPSA) is 125 Å². The summed E-state index contributed by atoms with van der Waals surface area (Å²) < 4.78 is 8.17. The zero-order chi connectivity index (χ0) is 22.1. The summed E-state index contributed by atoms with van der Waals surface area (Å²) >= 11 is 18.1. The van der Waals surface area contributed by atoms with E-state index in [9.17, 15) is 9.90 Å². The first kappa shape index (κ1) is 21.3. The highest BCUT2D eigenvalue weighted by Crippen LogP contribution is 2.31. The van der Waals surface area contributed by atoms with Gasteiger partial charge in [0, 0.05) is 6.20 Å². The number of aromatic nitrogens is 7. The first-order chi connectivity index (χ1) is 14.9. The van der Waals surface area contributed by atoms with Gasteiger partial charge in [-0.3, -0.25) is 4.68 Å². The Balaban J connectivity index is 1.52. The highest BCUT2D eigenvalue weighted by atomic mass is 35.5. The van der Waals surface area contributed by atoms with Gasteiger partial charge in [0.05, 0.1) is 27.8 Å². The maximum atomic E-state index is 11.3. The van der Waals surface area contributed by atoms with Gasteiger partial charge in [-0.05, 0) is 30.2 Å². The van der Waals surface area contributed by atoms with E-state index in [2.05, 4.69) is 25.6 Å². The molecular formula is C18H14Cl3N7O3. The molecule has 0 saturated heterocycles. The smallest absolute Gasteiger partial charge is 0.328 e. The summed E-state index contributed by atoms with van der Waals surface area (Å²) in [5, 5.41) is 26.5. The predicted molar refractivity (Wildman–Crippen MR) is 112 cm³/mol. The van der Waals surface area contributed by atoms with Crippen molar-refractivity contribution in [3.05, 3.63) is 51.2 Å². The third-order valence-corrected chi connectivity index (χ3v) is 5.60. The molecular weight excluding hydrogens is 469 g/mol. The number of aliphatic carboxylic acids is 1. The van der Waals surface area contributed by atoms with E-state index >= 15 is 0 Å². The van der Waals surface area contributed by atoms with Gasteiger partial charge >= 0.3 is 5.97 Å². The molecule has 160 valence electrons. The molecule has 1 aromatic carbocycles. The molecule has 13 heteroatoms. The largest absolute Gasteiger partial charge is 0.480 e. The molecule has 31 heavy (non-hydrogen) atoms. The van der Waals surface area contributed by atoms with Gasteiger partial charge in [-0.2, -0.15) is 10.1 Å². The molecule has 10 nitrogen and oxygen atoms in total. The fourth-order valence-corrected chi connectivity index (χ4v) is 3.54. The lowest BCUT2D eigenvalue weighted by atomic mass is 10.2. The van der Waals surface area contributed by atoms with E-state index in [0.29, 0.717) is 39.4 Å². The van der Waals surface area contributed by atoms with Crippen LogP contribution in [0.25, 0.3) is 23.1 Å². The normalized spacial score (nSPS) is 12.3. The van der Waals surface area contributed by atoms with E-state index in [0.717, 1.165) is 5.56 Å². The van der Waals surface area contributed by atoms with Gasteiger partial charge in [0.2, 0.25) is 5.82 Å². The lowest BCUT2D eigenvalue weighted by Gasteiger charge is -2.09. The molecule has 3 aromatic heterocycles. The van der Waals surface area contributed by atoms with E-state index in [-0.39, 0.29) is 11.7 Å². The SMILES string of the molecule is CCC(C(=O)O)n1ccc(-c2nc(-c3cn(Cc4cc(Cl)c(Cl)c(Cl)c4)nn3)no2)n1. The number of carbonyl (C=O) groups is 1. The molecule has 1 N–H and O–H groups in total. The van der Waals surface area contributed by atoms with Crippen molar-refractivity contribution in [2.24, 2.45) is 0 Å². The van der Waals surface area contributed by atoms with Crippen LogP contribution in [0.2, 0.25) is 15.1 Å².